The van der Waals surface area contributed by atoms with Gasteiger partial charge in [0.2, 0.25) is 10.0 Å². The quantitative estimate of drug-likeness (QED) is 0.592. The van der Waals surface area contributed by atoms with E-state index in [2.05, 4.69) is 10.3 Å². The number of hydrogen-bond acceptors (Lipinski definition) is 6. The smallest absolute Gasteiger partial charge is 0.357 e. The van der Waals surface area contributed by atoms with Gasteiger partial charge in [-0.2, -0.15) is 4.31 Å². The van der Waals surface area contributed by atoms with Crippen LogP contribution in [0.4, 0.5) is 5.69 Å². The Morgan fingerprint density at radius 3 is 2.42 bits per heavy atom. The maximum atomic E-state index is 12.5. The van der Waals surface area contributed by atoms with Crippen molar-refractivity contribution in [2.75, 3.05) is 25.0 Å². The number of esters is 1. The van der Waals surface area contributed by atoms with Crippen molar-refractivity contribution >= 4 is 38.5 Å². The van der Waals surface area contributed by atoms with Gasteiger partial charge in [0, 0.05) is 24.2 Å². The predicted octanol–water partition coefficient (Wildman–Crippen LogP) is 2.81. The molecule has 0 aliphatic carbocycles. The fourth-order valence-electron chi connectivity index (χ4n) is 3.37. The Hall–Kier alpha value is -3.30. The monoisotopic (exact) mass is 439 g/mol. The minimum atomic E-state index is -3.51. The van der Waals surface area contributed by atoms with Gasteiger partial charge in [-0.05, 0) is 49.2 Å². The molecule has 1 saturated heterocycles. The number of nitrogens with zero attached hydrogens (tertiary/aromatic N) is 2. The van der Waals surface area contributed by atoms with E-state index in [0.29, 0.717) is 24.3 Å². The molecule has 8 nitrogen and oxygen atoms in total. The number of ether oxygens (including phenoxy) is 1. The Balaban J connectivity index is 1.33. The van der Waals surface area contributed by atoms with E-state index in [1.807, 2.05) is 18.2 Å². The summed E-state index contributed by atoms with van der Waals surface area (Å²) in [6.07, 6.45) is 1.72. The molecule has 31 heavy (non-hydrogen) atoms. The lowest BCUT2D eigenvalue weighted by molar-refractivity contribution is -0.119. The molecular weight excluding hydrogens is 418 g/mol. The summed E-state index contributed by atoms with van der Waals surface area (Å²) in [5.74, 6) is -1.24. The molecule has 1 aromatic heterocycles. The van der Waals surface area contributed by atoms with Crippen LogP contribution < -0.4 is 5.32 Å². The second kappa shape index (κ2) is 8.83. The van der Waals surface area contributed by atoms with Crippen molar-refractivity contribution in [2.45, 2.75) is 17.7 Å². The van der Waals surface area contributed by atoms with Crippen LogP contribution in [0.25, 0.3) is 10.9 Å². The maximum Gasteiger partial charge on any atom is 0.357 e. The summed E-state index contributed by atoms with van der Waals surface area (Å²) in [6.45, 7) is 0.567. The van der Waals surface area contributed by atoms with Gasteiger partial charge < -0.3 is 10.1 Å². The second-order valence-corrected chi connectivity index (χ2v) is 9.09. The van der Waals surface area contributed by atoms with E-state index >= 15 is 0 Å². The molecule has 0 radical (unpaired) electrons. The largest absolute Gasteiger partial charge is 0.451 e. The van der Waals surface area contributed by atoms with Gasteiger partial charge in [0.1, 0.15) is 5.69 Å². The van der Waals surface area contributed by atoms with Crippen molar-refractivity contribution in [3.8, 4) is 0 Å². The van der Waals surface area contributed by atoms with Crippen LogP contribution in [-0.4, -0.2) is 49.3 Å². The second-order valence-electron chi connectivity index (χ2n) is 7.15. The standard InChI is InChI=1S/C22H21N3O5S/c26-21(15-30-22(27)20-12-7-16-5-1-2-6-19(16)24-20)23-17-8-10-18(11-9-17)31(28,29)25-13-3-4-14-25/h1-2,5-12H,3-4,13-15H2,(H,23,26). The highest BCUT2D eigenvalue weighted by molar-refractivity contribution is 7.89. The Morgan fingerprint density at radius 2 is 1.68 bits per heavy atom. The zero-order valence-electron chi connectivity index (χ0n) is 16.7. The molecule has 160 valence electrons. The summed E-state index contributed by atoms with van der Waals surface area (Å²) < 4.78 is 31.6. The van der Waals surface area contributed by atoms with Crippen LogP contribution >= 0.6 is 0 Å². The predicted molar refractivity (Wildman–Crippen MR) is 115 cm³/mol. The lowest BCUT2D eigenvalue weighted by atomic mass is 10.2. The molecule has 1 aliphatic heterocycles. The summed E-state index contributed by atoms with van der Waals surface area (Å²) in [4.78, 5) is 28.7. The number of carbonyl (C=O) groups is 2. The minimum absolute atomic E-state index is 0.114. The molecular formula is C22H21N3O5S. The zero-order valence-corrected chi connectivity index (χ0v) is 17.5. The molecule has 0 spiro atoms. The first-order valence-corrected chi connectivity index (χ1v) is 11.3. The van der Waals surface area contributed by atoms with Crippen LogP contribution in [-0.2, 0) is 19.6 Å². The topological polar surface area (TPSA) is 106 Å². The number of para-hydroxylation sites is 1. The van der Waals surface area contributed by atoms with E-state index in [1.54, 1.807) is 18.2 Å². The van der Waals surface area contributed by atoms with Gasteiger partial charge in [-0.1, -0.05) is 24.3 Å². The highest BCUT2D eigenvalue weighted by Crippen LogP contribution is 2.22. The van der Waals surface area contributed by atoms with E-state index in [-0.39, 0.29) is 10.6 Å². The van der Waals surface area contributed by atoms with Crippen LogP contribution in [0.15, 0.2) is 65.6 Å². The third-order valence-electron chi connectivity index (χ3n) is 4.98. The molecule has 1 N–H and O–H groups in total. The Kier molecular flexibility index (Phi) is 5.97. The molecule has 1 amide bonds. The van der Waals surface area contributed by atoms with Gasteiger partial charge in [0.25, 0.3) is 5.91 Å². The van der Waals surface area contributed by atoms with E-state index in [9.17, 15) is 18.0 Å². The highest BCUT2D eigenvalue weighted by Gasteiger charge is 2.27. The van der Waals surface area contributed by atoms with Gasteiger partial charge in [0.15, 0.2) is 6.61 Å². The molecule has 0 unspecified atom stereocenters. The molecule has 1 fully saturated rings. The van der Waals surface area contributed by atoms with Gasteiger partial charge >= 0.3 is 5.97 Å². The molecule has 0 atom stereocenters. The number of pyridine rings is 1. The summed E-state index contributed by atoms with van der Waals surface area (Å²) >= 11 is 0. The first-order chi connectivity index (χ1) is 14.9. The number of aromatic nitrogens is 1. The van der Waals surface area contributed by atoms with Crippen LogP contribution in [0.5, 0.6) is 0 Å². The molecule has 0 saturated carbocycles. The summed E-state index contributed by atoms with van der Waals surface area (Å²) in [6, 6.07) is 16.6. The zero-order chi connectivity index (χ0) is 21.8. The van der Waals surface area contributed by atoms with Crippen molar-refractivity contribution in [3.05, 3.63) is 66.4 Å². The number of amides is 1. The lowest BCUT2D eigenvalue weighted by Gasteiger charge is -2.15. The third kappa shape index (κ3) is 4.73. The molecule has 3 aromatic rings. The van der Waals surface area contributed by atoms with Crippen molar-refractivity contribution in [2.24, 2.45) is 0 Å². The first-order valence-electron chi connectivity index (χ1n) is 9.86. The molecule has 0 bridgehead atoms. The molecule has 2 heterocycles. The number of nitrogens with one attached hydrogen (secondary N) is 1. The van der Waals surface area contributed by atoms with Crippen LogP contribution in [0, 0.1) is 0 Å². The average molecular weight is 439 g/mol. The minimum Gasteiger partial charge on any atom is -0.451 e. The number of hydrogen-bond donors (Lipinski definition) is 1. The number of sulfonamides is 1. The number of fused-ring (bicyclic) bond motifs is 1. The molecule has 1 aliphatic rings. The first kappa shape index (κ1) is 21.0. The van der Waals surface area contributed by atoms with Gasteiger partial charge in [-0.25, -0.2) is 18.2 Å². The third-order valence-corrected chi connectivity index (χ3v) is 6.90. The van der Waals surface area contributed by atoms with Gasteiger partial charge in [-0.15, -0.1) is 0 Å². The van der Waals surface area contributed by atoms with E-state index in [0.717, 1.165) is 18.2 Å². The molecule has 4 rings (SSSR count). The molecule has 2 aromatic carbocycles. The van der Waals surface area contributed by atoms with Crippen molar-refractivity contribution in [1.29, 1.82) is 0 Å². The van der Waals surface area contributed by atoms with E-state index in [4.69, 9.17) is 4.74 Å². The Bertz CT molecular complexity index is 1220. The van der Waals surface area contributed by atoms with Crippen LogP contribution in [0.2, 0.25) is 0 Å². The fraction of sp³-hybridized carbons (Fsp3) is 0.227. The van der Waals surface area contributed by atoms with Gasteiger partial charge in [-0.3, -0.25) is 4.79 Å². The SMILES string of the molecule is O=C(COC(=O)c1ccc2ccccc2n1)Nc1ccc(S(=O)(=O)N2CCCC2)cc1. The normalized spacial score (nSPS) is 14.5. The Morgan fingerprint density at radius 1 is 0.968 bits per heavy atom. The molecule has 9 heteroatoms. The number of carbonyl (C=O) groups excluding carboxylic acids is 2. The summed E-state index contributed by atoms with van der Waals surface area (Å²) in [7, 11) is -3.51. The van der Waals surface area contributed by atoms with Crippen LogP contribution in [0.3, 0.4) is 0 Å². The van der Waals surface area contributed by atoms with E-state index in [1.165, 1.54) is 28.6 Å². The summed E-state index contributed by atoms with van der Waals surface area (Å²) in [5.41, 5.74) is 1.18. The average Bonchev–Trinajstić information content (AvgIpc) is 3.33. The highest BCUT2D eigenvalue weighted by atomic mass is 32.2. The lowest BCUT2D eigenvalue weighted by Crippen LogP contribution is -2.27. The fourth-order valence-corrected chi connectivity index (χ4v) is 4.89. The van der Waals surface area contributed by atoms with Crippen molar-refractivity contribution in [3.63, 3.8) is 0 Å². The van der Waals surface area contributed by atoms with Crippen molar-refractivity contribution < 1.29 is 22.7 Å². The van der Waals surface area contributed by atoms with E-state index < -0.39 is 28.5 Å². The number of anilines is 1. The Labute approximate surface area is 179 Å². The number of benzene rings is 2. The summed E-state index contributed by atoms with van der Waals surface area (Å²) in [5, 5.41) is 3.48. The van der Waals surface area contributed by atoms with Gasteiger partial charge in [0.05, 0.1) is 10.4 Å². The maximum absolute atomic E-state index is 12.5. The number of rotatable bonds is 6. The van der Waals surface area contributed by atoms with Crippen molar-refractivity contribution in [1.82, 2.24) is 9.29 Å². The van der Waals surface area contributed by atoms with Crippen LogP contribution in [0.1, 0.15) is 23.3 Å².